The van der Waals surface area contributed by atoms with Crippen LogP contribution < -0.4 is 4.74 Å². The highest BCUT2D eigenvalue weighted by Crippen LogP contribution is 2.51. The van der Waals surface area contributed by atoms with Gasteiger partial charge in [0, 0.05) is 18.1 Å². The Kier molecular flexibility index (Phi) is 3.51. The number of aliphatic hydroxyl groups is 1. The molecule has 0 aromatic heterocycles. The highest BCUT2D eigenvalue weighted by molar-refractivity contribution is 5.45. The number of hydrogen-bond acceptors (Lipinski definition) is 3. The van der Waals surface area contributed by atoms with E-state index in [1.807, 2.05) is 0 Å². The molecule has 0 radical (unpaired) electrons. The van der Waals surface area contributed by atoms with E-state index in [0.29, 0.717) is 12.0 Å². The molecule has 3 nitrogen and oxygen atoms in total. The topological polar surface area (TPSA) is 32.7 Å². The second-order valence-corrected chi connectivity index (χ2v) is 6.44. The van der Waals surface area contributed by atoms with Crippen LogP contribution >= 0.6 is 0 Å². The maximum atomic E-state index is 9.62. The first-order chi connectivity index (χ1) is 9.62. The lowest BCUT2D eigenvalue weighted by molar-refractivity contribution is 0.0265. The SMILES string of the molecule is COc1ccc2c(c1)[C@@]1(CCO)CCN(C)[C@@H](C2)[C@H]1C. The van der Waals surface area contributed by atoms with E-state index in [4.69, 9.17) is 4.74 Å². The largest absolute Gasteiger partial charge is 0.497 e. The summed E-state index contributed by atoms with van der Waals surface area (Å²) in [6.07, 6.45) is 3.10. The quantitative estimate of drug-likeness (QED) is 0.918. The van der Waals surface area contributed by atoms with Gasteiger partial charge >= 0.3 is 0 Å². The lowest BCUT2D eigenvalue weighted by atomic mass is 9.56. The lowest BCUT2D eigenvalue weighted by Crippen LogP contribution is -2.58. The standard InChI is InChI=1S/C17H25NO2/c1-12-16-10-13-4-5-14(20-3)11-15(13)17(12,7-9-19)6-8-18(16)2/h4-5,11-12,16,19H,6-10H2,1-3H3/t12-,16+,17-/m1/s1. The monoisotopic (exact) mass is 275 g/mol. The van der Waals surface area contributed by atoms with Crippen molar-refractivity contribution in [3.05, 3.63) is 29.3 Å². The number of methoxy groups -OCH3 is 1. The smallest absolute Gasteiger partial charge is 0.119 e. The van der Waals surface area contributed by atoms with Gasteiger partial charge in [0.25, 0.3) is 0 Å². The van der Waals surface area contributed by atoms with E-state index in [1.165, 1.54) is 11.1 Å². The summed E-state index contributed by atoms with van der Waals surface area (Å²) in [7, 11) is 3.96. The molecule has 1 saturated heterocycles. The molecule has 20 heavy (non-hydrogen) atoms. The van der Waals surface area contributed by atoms with Gasteiger partial charge in [-0.1, -0.05) is 13.0 Å². The van der Waals surface area contributed by atoms with Gasteiger partial charge in [0.05, 0.1) is 7.11 Å². The number of fused-ring (bicyclic) bond motifs is 4. The second kappa shape index (κ2) is 5.05. The molecule has 1 aromatic carbocycles. The first kappa shape index (κ1) is 13.9. The summed E-state index contributed by atoms with van der Waals surface area (Å²) in [5, 5.41) is 9.62. The van der Waals surface area contributed by atoms with Crippen molar-refractivity contribution in [3.63, 3.8) is 0 Å². The molecule has 1 fully saturated rings. The predicted octanol–water partition coefficient (Wildman–Crippen LogP) is 2.21. The predicted molar refractivity (Wildman–Crippen MR) is 80.3 cm³/mol. The zero-order chi connectivity index (χ0) is 14.3. The minimum atomic E-state index is 0.119. The fraction of sp³-hybridized carbons (Fsp3) is 0.647. The number of rotatable bonds is 3. The molecule has 0 spiro atoms. The Morgan fingerprint density at radius 1 is 1.45 bits per heavy atom. The number of hydrogen-bond donors (Lipinski definition) is 1. The second-order valence-electron chi connectivity index (χ2n) is 6.44. The average Bonchev–Trinajstić information content (AvgIpc) is 2.46. The van der Waals surface area contributed by atoms with Crippen molar-refractivity contribution in [2.75, 3.05) is 27.3 Å². The Morgan fingerprint density at radius 3 is 2.95 bits per heavy atom. The minimum absolute atomic E-state index is 0.119. The lowest BCUT2D eigenvalue weighted by Gasteiger charge is -2.55. The summed E-state index contributed by atoms with van der Waals surface area (Å²) in [6, 6.07) is 7.09. The fourth-order valence-corrected chi connectivity index (χ4v) is 4.47. The molecule has 1 aromatic rings. The van der Waals surface area contributed by atoms with Crippen LogP contribution in [0.1, 0.15) is 30.9 Å². The number of nitrogens with zero attached hydrogens (tertiary/aromatic N) is 1. The molecule has 1 aliphatic heterocycles. The first-order valence-corrected chi connectivity index (χ1v) is 7.61. The average molecular weight is 275 g/mol. The van der Waals surface area contributed by atoms with Gasteiger partial charge in [-0.25, -0.2) is 0 Å². The Labute approximate surface area is 121 Å². The highest BCUT2D eigenvalue weighted by Gasteiger charge is 2.49. The van der Waals surface area contributed by atoms with E-state index in [1.54, 1.807) is 7.11 Å². The zero-order valence-corrected chi connectivity index (χ0v) is 12.7. The number of aliphatic hydroxyl groups excluding tert-OH is 1. The summed E-state index contributed by atoms with van der Waals surface area (Å²) >= 11 is 0. The van der Waals surface area contributed by atoms with Crippen molar-refractivity contribution in [2.24, 2.45) is 5.92 Å². The van der Waals surface area contributed by atoms with Crippen molar-refractivity contribution in [1.82, 2.24) is 4.90 Å². The van der Waals surface area contributed by atoms with Crippen LogP contribution in [0.5, 0.6) is 5.75 Å². The van der Waals surface area contributed by atoms with Crippen LogP contribution in [0.15, 0.2) is 18.2 Å². The van der Waals surface area contributed by atoms with Gasteiger partial charge in [0.2, 0.25) is 0 Å². The number of benzene rings is 1. The fourth-order valence-electron chi connectivity index (χ4n) is 4.47. The normalized spacial score (nSPS) is 32.8. The maximum Gasteiger partial charge on any atom is 0.119 e. The van der Waals surface area contributed by atoms with Crippen LogP contribution in [0.4, 0.5) is 0 Å². The van der Waals surface area contributed by atoms with Gasteiger partial charge in [-0.3, -0.25) is 0 Å². The molecule has 3 atom stereocenters. The summed E-state index contributed by atoms with van der Waals surface area (Å²) < 4.78 is 5.42. The van der Waals surface area contributed by atoms with Crippen LogP contribution in [0.25, 0.3) is 0 Å². The van der Waals surface area contributed by atoms with E-state index in [9.17, 15) is 5.11 Å². The van der Waals surface area contributed by atoms with Gasteiger partial charge in [-0.15, -0.1) is 0 Å². The van der Waals surface area contributed by atoms with Crippen LogP contribution in [-0.4, -0.2) is 43.4 Å². The molecule has 0 saturated carbocycles. The Hall–Kier alpha value is -1.06. The maximum absolute atomic E-state index is 9.62. The zero-order valence-electron chi connectivity index (χ0n) is 12.7. The first-order valence-electron chi connectivity index (χ1n) is 7.61. The summed E-state index contributed by atoms with van der Waals surface area (Å²) in [6.45, 7) is 3.74. The van der Waals surface area contributed by atoms with Gasteiger partial charge in [0.15, 0.2) is 0 Å². The van der Waals surface area contributed by atoms with Gasteiger partial charge in [0.1, 0.15) is 5.75 Å². The van der Waals surface area contributed by atoms with Crippen molar-refractivity contribution >= 4 is 0 Å². The molecule has 0 unspecified atom stereocenters. The van der Waals surface area contributed by atoms with E-state index in [0.717, 1.165) is 31.6 Å². The third kappa shape index (κ3) is 1.87. The Balaban J connectivity index is 2.14. The third-order valence-corrected chi connectivity index (χ3v) is 5.77. The molecule has 1 aliphatic carbocycles. The number of piperidine rings is 1. The highest BCUT2D eigenvalue weighted by atomic mass is 16.5. The van der Waals surface area contributed by atoms with Gasteiger partial charge in [-0.05, 0) is 62.0 Å². The molecule has 3 heteroatoms. The molecule has 1 heterocycles. The van der Waals surface area contributed by atoms with Crippen molar-refractivity contribution < 1.29 is 9.84 Å². The van der Waals surface area contributed by atoms with Crippen LogP contribution in [0.3, 0.4) is 0 Å². The summed E-state index contributed by atoms with van der Waals surface area (Å²) in [5.41, 5.74) is 2.98. The van der Waals surface area contributed by atoms with E-state index in [-0.39, 0.29) is 12.0 Å². The molecule has 1 N–H and O–H groups in total. The molecule has 2 bridgehead atoms. The van der Waals surface area contributed by atoms with Crippen LogP contribution in [-0.2, 0) is 11.8 Å². The molecular weight excluding hydrogens is 250 g/mol. The van der Waals surface area contributed by atoms with Crippen LogP contribution in [0.2, 0.25) is 0 Å². The van der Waals surface area contributed by atoms with Gasteiger partial charge in [-0.2, -0.15) is 0 Å². The van der Waals surface area contributed by atoms with Crippen LogP contribution in [0, 0.1) is 5.92 Å². The van der Waals surface area contributed by atoms with E-state index >= 15 is 0 Å². The number of ether oxygens (including phenoxy) is 1. The van der Waals surface area contributed by atoms with Crippen molar-refractivity contribution in [2.45, 2.75) is 37.6 Å². The number of likely N-dealkylation sites (N-methyl/N-ethyl adjacent to an activating group) is 1. The summed E-state index contributed by atoms with van der Waals surface area (Å²) in [4.78, 5) is 2.49. The Morgan fingerprint density at radius 2 is 2.25 bits per heavy atom. The van der Waals surface area contributed by atoms with Crippen molar-refractivity contribution in [1.29, 1.82) is 0 Å². The molecule has 0 amide bonds. The van der Waals surface area contributed by atoms with E-state index in [2.05, 4.69) is 37.1 Å². The third-order valence-electron chi connectivity index (χ3n) is 5.77. The molecule has 2 aliphatic rings. The Bertz CT molecular complexity index is 502. The molecule has 3 rings (SSSR count). The van der Waals surface area contributed by atoms with Crippen molar-refractivity contribution in [3.8, 4) is 5.75 Å². The molecular formula is C17H25NO2. The summed E-state index contributed by atoms with van der Waals surface area (Å²) in [5.74, 6) is 1.51. The van der Waals surface area contributed by atoms with E-state index < -0.39 is 0 Å². The molecule has 110 valence electrons. The van der Waals surface area contributed by atoms with Gasteiger partial charge < -0.3 is 14.7 Å². The minimum Gasteiger partial charge on any atom is -0.497 e. The number of likely N-dealkylation sites (tertiary alicyclic amines) is 1.